The first-order valence-corrected chi connectivity index (χ1v) is 15.6. The maximum absolute atomic E-state index is 12.1. The first-order chi connectivity index (χ1) is 21.5. The minimum atomic E-state index is -1.77. The average molecular weight is 647 g/mol. The quantitative estimate of drug-likeness (QED) is 0.0861. The molecule has 14 nitrogen and oxygen atoms in total. The van der Waals surface area contributed by atoms with Crippen molar-refractivity contribution in [2.75, 3.05) is 26.9 Å². The van der Waals surface area contributed by atoms with E-state index >= 15 is 0 Å². The lowest BCUT2D eigenvalue weighted by atomic mass is 9.97. The molecule has 10 unspecified atom stereocenters. The molecule has 1 aromatic carbocycles. The highest BCUT2D eigenvalue weighted by Crippen LogP contribution is 2.34. The molecule has 7 N–H and O–H groups in total. The lowest BCUT2D eigenvalue weighted by Crippen LogP contribution is -2.65. The Bertz CT molecular complexity index is 1020. The van der Waals surface area contributed by atoms with Gasteiger partial charge in [0.25, 0.3) is 0 Å². The molecule has 2 saturated heterocycles. The molecule has 0 bridgehead atoms. The Balaban J connectivity index is 1.53. The Kier molecular flexibility index (Phi) is 15.2. The van der Waals surface area contributed by atoms with Crippen LogP contribution < -0.4 is 9.47 Å². The lowest BCUT2D eigenvalue weighted by molar-refractivity contribution is -0.352. The maximum Gasteiger partial charge on any atom is 0.305 e. The van der Waals surface area contributed by atoms with E-state index in [2.05, 4.69) is 13.8 Å². The Morgan fingerprint density at radius 3 is 2.16 bits per heavy atom. The van der Waals surface area contributed by atoms with E-state index in [0.717, 1.165) is 24.8 Å². The number of esters is 1. The molecule has 0 amide bonds. The topological polar surface area (TPSA) is 214 Å². The SMILES string of the molecule is COc1cc(CCOC(=O)CCCCCCC(C)C)ccc1OC1OC(CO)C(OC2OC(CO)C(O)C(O)C2O)C(O)C1O. The van der Waals surface area contributed by atoms with Gasteiger partial charge in [-0.25, -0.2) is 0 Å². The van der Waals surface area contributed by atoms with Crippen LogP contribution in [0.2, 0.25) is 0 Å². The number of ether oxygens (including phenoxy) is 6. The number of carbonyl (C=O) groups is 1. The van der Waals surface area contributed by atoms with Crippen molar-refractivity contribution in [1.82, 2.24) is 0 Å². The van der Waals surface area contributed by atoms with Crippen LogP contribution >= 0.6 is 0 Å². The van der Waals surface area contributed by atoms with Gasteiger partial charge in [-0.1, -0.05) is 45.6 Å². The van der Waals surface area contributed by atoms with Gasteiger partial charge < -0.3 is 64.2 Å². The zero-order chi connectivity index (χ0) is 33.1. The number of benzene rings is 1. The first-order valence-electron chi connectivity index (χ1n) is 15.6. The Morgan fingerprint density at radius 2 is 1.49 bits per heavy atom. The smallest absolute Gasteiger partial charge is 0.305 e. The molecular formula is C31H50O14. The molecule has 2 aliphatic rings. The normalized spacial score (nSPS) is 32.0. The molecule has 2 aliphatic heterocycles. The fraction of sp³-hybridized carbons (Fsp3) is 0.774. The van der Waals surface area contributed by atoms with Crippen molar-refractivity contribution in [2.24, 2.45) is 5.92 Å². The van der Waals surface area contributed by atoms with E-state index in [1.54, 1.807) is 18.2 Å². The minimum absolute atomic E-state index is 0.164. The van der Waals surface area contributed by atoms with E-state index in [1.807, 2.05) is 0 Å². The number of methoxy groups -OCH3 is 1. The highest BCUT2D eigenvalue weighted by atomic mass is 16.7. The fourth-order valence-electron chi connectivity index (χ4n) is 5.27. The predicted molar refractivity (Wildman–Crippen MR) is 157 cm³/mol. The van der Waals surface area contributed by atoms with Gasteiger partial charge in [-0.2, -0.15) is 0 Å². The van der Waals surface area contributed by atoms with Crippen LogP contribution in [0.25, 0.3) is 0 Å². The summed E-state index contributed by atoms with van der Waals surface area (Å²) in [6, 6.07) is 4.97. The number of hydrogen-bond donors (Lipinski definition) is 7. The predicted octanol–water partition coefficient (Wildman–Crippen LogP) is -0.220. The van der Waals surface area contributed by atoms with Crippen molar-refractivity contribution < 1.29 is 69.0 Å². The molecule has 3 rings (SSSR count). The summed E-state index contributed by atoms with van der Waals surface area (Å²) in [5.74, 6) is 0.902. The number of unbranched alkanes of at least 4 members (excludes halogenated alkanes) is 3. The van der Waals surface area contributed by atoms with Crippen molar-refractivity contribution in [1.29, 1.82) is 0 Å². The van der Waals surface area contributed by atoms with Gasteiger partial charge >= 0.3 is 5.97 Å². The molecule has 0 spiro atoms. The van der Waals surface area contributed by atoms with Crippen LogP contribution in [0.4, 0.5) is 0 Å². The van der Waals surface area contributed by atoms with Gasteiger partial charge in [0.05, 0.1) is 26.9 Å². The van der Waals surface area contributed by atoms with Gasteiger partial charge in [-0.05, 0) is 30.0 Å². The van der Waals surface area contributed by atoms with Crippen LogP contribution in [-0.2, 0) is 30.2 Å². The summed E-state index contributed by atoms with van der Waals surface area (Å²) in [7, 11) is 1.42. The van der Waals surface area contributed by atoms with E-state index in [-0.39, 0.29) is 24.1 Å². The van der Waals surface area contributed by atoms with Crippen LogP contribution in [-0.4, -0.2) is 130 Å². The molecule has 45 heavy (non-hydrogen) atoms. The molecule has 10 atom stereocenters. The molecule has 14 heteroatoms. The third-order valence-corrected chi connectivity index (χ3v) is 8.00. The van der Waals surface area contributed by atoms with Gasteiger partial charge in [-0.3, -0.25) is 4.79 Å². The molecule has 2 heterocycles. The molecule has 0 aliphatic carbocycles. The second-order valence-electron chi connectivity index (χ2n) is 11.9. The van der Waals surface area contributed by atoms with Gasteiger partial charge in [0.2, 0.25) is 6.29 Å². The van der Waals surface area contributed by atoms with E-state index in [1.165, 1.54) is 20.0 Å². The summed E-state index contributed by atoms with van der Waals surface area (Å²) in [5, 5.41) is 71.3. The molecule has 0 radical (unpaired) electrons. The van der Waals surface area contributed by atoms with Gasteiger partial charge in [0.15, 0.2) is 17.8 Å². The van der Waals surface area contributed by atoms with Crippen LogP contribution in [0.5, 0.6) is 11.5 Å². The van der Waals surface area contributed by atoms with Crippen molar-refractivity contribution in [3.63, 3.8) is 0 Å². The monoisotopic (exact) mass is 646 g/mol. The summed E-state index contributed by atoms with van der Waals surface area (Å²) in [5.41, 5.74) is 0.798. The number of hydrogen-bond acceptors (Lipinski definition) is 14. The van der Waals surface area contributed by atoms with Crippen molar-refractivity contribution in [3.8, 4) is 11.5 Å². The highest BCUT2D eigenvalue weighted by Gasteiger charge is 2.51. The van der Waals surface area contributed by atoms with Crippen molar-refractivity contribution >= 4 is 5.97 Å². The van der Waals surface area contributed by atoms with E-state index in [9.17, 15) is 40.5 Å². The Labute approximate surface area is 263 Å². The van der Waals surface area contributed by atoms with Crippen LogP contribution in [0, 0.1) is 5.92 Å². The molecule has 0 saturated carbocycles. The molecule has 258 valence electrons. The van der Waals surface area contributed by atoms with Crippen molar-refractivity contribution in [2.45, 2.75) is 120 Å². The average Bonchev–Trinajstić information content (AvgIpc) is 3.02. The van der Waals surface area contributed by atoms with Crippen molar-refractivity contribution in [3.05, 3.63) is 23.8 Å². The Morgan fingerprint density at radius 1 is 0.822 bits per heavy atom. The van der Waals surface area contributed by atoms with E-state index in [0.29, 0.717) is 18.8 Å². The third kappa shape index (κ3) is 10.4. The second kappa shape index (κ2) is 18.3. The molecule has 0 aromatic heterocycles. The summed E-state index contributed by atoms with van der Waals surface area (Å²) >= 11 is 0. The zero-order valence-electron chi connectivity index (χ0n) is 26.1. The summed E-state index contributed by atoms with van der Waals surface area (Å²) in [6.07, 6.45) is -9.54. The van der Waals surface area contributed by atoms with Gasteiger partial charge in [0.1, 0.15) is 48.8 Å². The fourth-order valence-corrected chi connectivity index (χ4v) is 5.27. The third-order valence-electron chi connectivity index (χ3n) is 8.00. The Hall–Kier alpha value is -2.11. The van der Waals surface area contributed by atoms with E-state index < -0.39 is 74.6 Å². The number of aliphatic hydroxyl groups is 7. The van der Waals surface area contributed by atoms with E-state index in [4.69, 9.17) is 28.4 Å². The second-order valence-corrected chi connectivity index (χ2v) is 11.9. The number of aliphatic hydroxyl groups excluding tert-OH is 7. The van der Waals surface area contributed by atoms with Gasteiger partial charge in [-0.15, -0.1) is 0 Å². The molecular weight excluding hydrogens is 596 g/mol. The van der Waals surface area contributed by atoms with Gasteiger partial charge in [0, 0.05) is 12.8 Å². The minimum Gasteiger partial charge on any atom is -0.493 e. The van der Waals surface area contributed by atoms with Crippen LogP contribution in [0.1, 0.15) is 57.9 Å². The lowest BCUT2D eigenvalue weighted by Gasteiger charge is -2.45. The standard InChI is InChI=1S/C31H50O14/c1-17(2)8-6-4-5-7-9-23(34)41-13-12-18-10-11-19(20(14-18)40-3)42-30-28(39)26(37)29(22(16-33)44-30)45-31-27(38)25(36)24(35)21(15-32)43-31/h10-11,14,17,21-22,24-33,35-39H,4-9,12-13,15-16H2,1-3H3. The first kappa shape index (κ1) is 37.3. The van der Waals surface area contributed by atoms with Crippen LogP contribution in [0.15, 0.2) is 18.2 Å². The maximum atomic E-state index is 12.1. The molecule has 2 fully saturated rings. The number of rotatable bonds is 17. The summed E-state index contributed by atoms with van der Waals surface area (Å²) < 4.78 is 33.2. The van der Waals surface area contributed by atoms with Crippen LogP contribution in [0.3, 0.4) is 0 Å². The largest absolute Gasteiger partial charge is 0.493 e. The summed E-state index contributed by atoms with van der Waals surface area (Å²) in [6.45, 7) is 3.21. The summed E-state index contributed by atoms with van der Waals surface area (Å²) in [4.78, 5) is 12.1. The zero-order valence-corrected chi connectivity index (χ0v) is 26.1. The molecule has 1 aromatic rings. The highest BCUT2D eigenvalue weighted by molar-refractivity contribution is 5.69. The number of carbonyl (C=O) groups excluding carboxylic acids is 1.